The van der Waals surface area contributed by atoms with Crippen LogP contribution in [0.25, 0.3) is 0 Å². The van der Waals surface area contributed by atoms with Gasteiger partial charge in [0.05, 0.1) is 25.4 Å². The second kappa shape index (κ2) is 65.1. The van der Waals surface area contributed by atoms with E-state index in [2.05, 4.69) is 31.3 Å². The Morgan fingerprint density at radius 1 is 0.360 bits per heavy atom. The molecule has 2 atom stereocenters. The number of aliphatic hydroxyl groups excluding tert-OH is 2. The Balaban J connectivity index is 3.29. The average molecular weight is 1060 g/mol. The highest BCUT2D eigenvalue weighted by molar-refractivity contribution is 5.76. The maximum atomic E-state index is 12.4. The molecule has 0 heterocycles. The molecule has 75 heavy (non-hydrogen) atoms. The third kappa shape index (κ3) is 61.7. The summed E-state index contributed by atoms with van der Waals surface area (Å²) in [7, 11) is 0. The van der Waals surface area contributed by atoms with Gasteiger partial charge in [0.1, 0.15) is 0 Å². The molecule has 0 aliphatic heterocycles. The number of hydrogen-bond donors (Lipinski definition) is 3. The standard InChI is InChI=1S/C69H135NO5/c1-3-5-7-9-11-13-14-15-40-43-47-51-55-59-63-69(74)75-64-60-56-52-48-44-41-38-36-34-32-30-28-26-24-22-20-18-16-17-19-21-23-25-27-29-31-33-35-37-39-42-46-50-54-58-62-68(73)70-66(65-71)67(72)61-57-53-49-45-12-10-8-6-4-2/h18,20,66-67,71-72H,3-17,19,21-65H2,1-2H3,(H,70,73)/b20-18-. The first-order chi connectivity index (χ1) is 37.0. The Kier molecular flexibility index (Phi) is 63.9. The molecule has 0 rings (SSSR count). The van der Waals surface area contributed by atoms with Crippen LogP contribution in [0.5, 0.6) is 0 Å². The molecule has 0 radical (unpaired) electrons. The van der Waals surface area contributed by atoms with Crippen LogP contribution in [0, 0.1) is 0 Å². The highest BCUT2D eigenvalue weighted by Gasteiger charge is 2.20. The molecule has 0 saturated carbocycles. The summed E-state index contributed by atoms with van der Waals surface area (Å²) in [4.78, 5) is 24.5. The topological polar surface area (TPSA) is 95.9 Å². The first-order valence-electron chi connectivity index (χ1n) is 34.4. The number of nitrogens with one attached hydrogen (secondary N) is 1. The minimum atomic E-state index is -0.658. The van der Waals surface area contributed by atoms with E-state index < -0.39 is 12.1 Å². The number of amides is 1. The van der Waals surface area contributed by atoms with Crippen molar-refractivity contribution in [1.82, 2.24) is 5.32 Å². The van der Waals surface area contributed by atoms with E-state index in [1.807, 2.05) is 0 Å². The first kappa shape index (κ1) is 73.6. The predicted molar refractivity (Wildman–Crippen MR) is 329 cm³/mol. The van der Waals surface area contributed by atoms with Crippen molar-refractivity contribution in [2.24, 2.45) is 0 Å². The Morgan fingerprint density at radius 3 is 0.947 bits per heavy atom. The normalized spacial score (nSPS) is 12.5. The highest BCUT2D eigenvalue weighted by Crippen LogP contribution is 2.19. The smallest absolute Gasteiger partial charge is 0.305 e. The van der Waals surface area contributed by atoms with Gasteiger partial charge >= 0.3 is 5.97 Å². The largest absolute Gasteiger partial charge is 0.466 e. The number of unbranched alkanes of at least 4 members (excludes halogenated alkanes) is 52. The number of allylic oxidation sites excluding steroid dienone is 2. The highest BCUT2D eigenvalue weighted by atomic mass is 16.5. The van der Waals surface area contributed by atoms with Gasteiger partial charge in [-0.3, -0.25) is 9.59 Å². The van der Waals surface area contributed by atoms with Gasteiger partial charge in [-0.25, -0.2) is 0 Å². The van der Waals surface area contributed by atoms with Gasteiger partial charge in [-0.1, -0.05) is 341 Å². The summed E-state index contributed by atoms with van der Waals surface area (Å²) in [6.45, 7) is 4.97. The van der Waals surface area contributed by atoms with E-state index in [1.54, 1.807) is 0 Å². The minimum Gasteiger partial charge on any atom is -0.466 e. The molecule has 0 aromatic rings. The van der Waals surface area contributed by atoms with E-state index >= 15 is 0 Å². The van der Waals surface area contributed by atoms with E-state index in [-0.39, 0.29) is 18.5 Å². The first-order valence-corrected chi connectivity index (χ1v) is 34.4. The fourth-order valence-corrected chi connectivity index (χ4v) is 11.1. The minimum absolute atomic E-state index is 0.0231. The molecular formula is C69H135NO5. The summed E-state index contributed by atoms with van der Waals surface area (Å²) in [5.74, 6) is -0.00872. The van der Waals surface area contributed by atoms with Gasteiger partial charge in [0.2, 0.25) is 5.91 Å². The van der Waals surface area contributed by atoms with Gasteiger partial charge in [0.25, 0.3) is 0 Å². The maximum absolute atomic E-state index is 12.4. The molecule has 0 aromatic carbocycles. The van der Waals surface area contributed by atoms with Crippen LogP contribution in [0.1, 0.15) is 393 Å². The quantitative estimate of drug-likeness (QED) is 0.0320. The lowest BCUT2D eigenvalue weighted by Gasteiger charge is -2.22. The Morgan fingerprint density at radius 2 is 0.627 bits per heavy atom. The summed E-state index contributed by atoms with van der Waals surface area (Å²) in [6.07, 6.45) is 80.0. The number of carbonyl (C=O) groups excluding carboxylic acids is 2. The van der Waals surface area contributed by atoms with Crippen LogP contribution in [-0.2, 0) is 14.3 Å². The molecule has 2 unspecified atom stereocenters. The molecule has 0 aromatic heterocycles. The van der Waals surface area contributed by atoms with E-state index in [9.17, 15) is 19.8 Å². The zero-order chi connectivity index (χ0) is 54.3. The lowest BCUT2D eigenvalue weighted by molar-refractivity contribution is -0.143. The third-order valence-corrected chi connectivity index (χ3v) is 16.3. The molecule has 6 nitrogen and oxygen atoms in total. The van der Waals surface area contributed by atoms with Crippen LogP contribution in [-0.4, -0.2) is 47.4 Å². The second-order valence-electron chi connectivity index (χ2n) is 23.9. The maximum Gasteiger partial charge on any atom is 0.305 e. The monoisotopic (exact) mass is 1060 g/mol. The molecule has 3 N–H and O–H groups in total. The van der Waals surface area contributed by atoms with Crippen molar-refractivity contribution >= 4 is 11.9 Å². The zero-order valence-corrected chi connectivity index (χ0v) is 51.1. The van der Waals surface area contributed by atoms with Crippen molar-refractivity contribution in [3.63, 3.8) is 0 Å². The van der Waals surface area contributed by atoms with Crippen LogP contribution < -0.4 is 5.32 Å². The van der Waals surface area contributed by atoms with Gasteiger partial charge < -0.3 is 20.3 Å². The summed E-state index contributed by atoms with van der Waals surface area (Å²) in [5.41, 5.74) is 0. The van der Waals surface area contributed by atoms with E-state index in [4.69, 9.17) is 4.74 Å². The number of rotatable bonds is 65. The second-order valence-corrected chi connectivity index (χ2v) is 23.9. The van der Waals surface area contributed by atoms with E-state index in [0.29, 0.717) is 25.9 Å². The van der Waals surface area contributed by atoms with Gasteiger partial charge in [0, 0.05) is 12.8 Å². The summed E-state index contributed by atoms with van der Waals surface area (Å²) < 4.78 is 5.49. The lowest BCUT2D eigenvalue weighted by atomic mass is 10.0. The number of carbonyl (C=O) groups is 2. The molecular weight excluding hydrogens is 923 g/mol. The lowest BCUT2D eigenvalue weighted by Crippen LogP contribution is -2.45. The summed E-state index contributed by atoms with van der Waals surface area (Å²) >= 11 is 0. The molecule has 0 bridgehead atoms. The van der Waals surface area contributed by atoms with E-state index in [0.717, 1.165) is 38.5 Å². The number of aliphatic hydroxyl groups is 2. The fourth-order valence-electron chi connectivity index (χ4n) is 11.1. The third-order valence-electron chi connectivity index (χ3n) is 16.3. The molecule has 1 amide bonds. The molecule has 0 aliphatic carbocycles. The van der Waals surface area contributed by atoms with Crippen LogP contribution in [0.2, 0.25) is 0 Å². The zero-order valence-electron chi connectivity index (χ0n) is 51.1. The van der Waals surface area contributed by atoms with Crippen molar-refractivity contribution in [3.05, 3.63) is 12.2 Å². The number of hydrogen-bond acceptors (Lipinski definition) is 5. The Labute approximate surface area is 469 Å². The summed E-state index contributed by atoms with van der Waals surface area (Å²) in [5, 5.41) is 23.1. The van der Waals surface area contributed by atoms with Crippen LogP contribution in [0.3, 0.4) is 0 Å². The predicted octanol–water partition coefficient (Wildman–Crippen LogP) is 22.0. The van der Waals surface area contributed by atoms with Crippen molar-refractivity contribution in [3.8, 4) is 0 Å². The van der Waals surface area contributed by atoms with Crippen LogP contribution in [0.15, 0.2) is 12.2 Å². The van der Waals surface area contributed by atoms with Crippen molar-refractivity contribution in [2.75, 3.05) is 13.2 Å². The number of ether oxygens (including phenoxy) is 1. The molecule has 0 aliphatic rings. The SMILES string of the molecule is CCCCCCCCCCCCCCCCC(=O)OCCCCCCCCCCCCCCCC/C=C\CCCCCCCCCCCCCCCCCCCC(=O)NC(CO)C(O)CCCCCCCCCCC. The van der Waals surface area contributed by atoms with Crippen LogP contribution in [0.4, 0.5) is 0 Å². The Hall–Kier alpha value is -1.40. The summed E-state index contributed by atoms with van der Waals surface area (Å²) in [6, 6.07) is -0.535. The molecule has 6 heteroatoms. The molecule has 446 valence electrons. The van der Waals surface area contributed by atoms with Crippen molar-refractivity contribution in [2.45, 2.75) is 405 Å². The van der Waals surface area contributed by atoms with Crippen LogP contribution >= 0.6 is 0 Å². The Bertz CT molecular complexity index is 1130. The fraction of sp³-hybridized carbons (Fsp3) is 0.942. The van der Waals surface area contributed by atoms with Crippen molar-refractivity contribution < 1.29 is 24.5 Å². The molecule has 0 fully saturated rings. The van der Waals surface area contributed by atoms with Gasteiger partial charge in [-0.2, -0.15) is 0 Å². The van der Waals surface area contributed by atoms with Gasteiger partial charge in [0.15, 0.2) is 0 Å². The van der Waals surface area contributed by atoms with Gasteiger partial charge in [-0.15, -0.1) is 0 Å². The van der Waals surface area contributed by atoms with E-state index in [1.165, 1.54) is 321 Å². The molecule has 0 saturated heterocycles. The number of esters is 1. The van der Waals surface area contributed by atoms with Crippen molar-refractivity contribution in [1.29, 1.82) is 0 Å². The average Bonchev–Trinajstić information content (AvgIpc) is 3.41. The molecule has 0 spiro atoms. The van der Waals surface area contributed by atoms with Gasteiger partial charge in [-0.05, 0) is 51.4 Å².